The van der Waals surface area contributed by atoms with E-state index in [1.54, 1.807) is 0 Å². The Kier molecular flexibility index (Phi) is 3.52. The van der Waals surface area contributed by atoms with Crippen molar-refractivity contribution in [1.29, 1.82) is 5.26 Å². The average molecular weight is 199 g/mol. The van der Waals surface area contributed by atoms with Crippen LogP contribution in [-0.4, -0.2) is 0 Å². The highest BCUT2D eigenvalue weighted by atomic mass is 19.2. The van der Waals surface area contributed by atoms with Gasteiger partial charge >= 0.3 is 0 Å². The zero-order valence-corrected chi connectivity index (χ0v) is 7.36. The van der Waals surface area contributed by atoms with Crippen LogP contribution < -0.4 is 0 Å². The summed E-state index contributed by atoms with van der Waals surface area (Å²) < 4.78 is 38.2. The van der Waals surface area contributed by atoms with Crippen LogP contribution in [0.3, 0.4) is 0 Å². The summed E-state index contributed by atoms with van der Waals surface area (Å²) >= 11 is 0. The van der Waals surface area contributed by atoms with E-state index in [4.69, 9.17) is 5.26 Å². The van der Waals surface area contributed by atoms with Crippen LogP contribution >= 0.6 is 0 Å². The Bertz CT molecular complexity index is 368. The largest absolute Gasteiger partial charge is 0.204 e. The van der Waals surface area contributed by atoms with Crippen LogP contribution in [0.5, 0.6) is 0 Å². The van der Waals surface area contributed by atoms with Crippen LogP contribution in [-0.2, 0) is 6.42 Å². The van der Waals surface area contributed by atoms with Gasteiger partial charge in [0.1, 0.15) is 0 Å². The summed E-state index contributed by atoms with van der Waals surface area (Å²) in [6.07, 6.45) is 0.966. The summed E-state index contributed by atoms with van der Waals surface area (Å²) in [6, 6.07) is 3.98. The maximum Gasteiger partial charge on any atom is 0.194 e. The molecule has 0 radical (unpaired) electrons. The van der Waals surface area contributed by atoms with Crippen LogP contribution in [0, 0.1) is 28.8 Å². The number of hydrogen-bond donors (Lipinski definition) is 0. The number of halogens is 3. The highest BCUT2D eigenvalue weighted by molar-refractivity contribution is 5.20. The van der Waals surface area contributed by atoms with Gasteiger partial charge < -0.3 is 0 Å². The second kappa shape index (κ2) is 4.66. The molecule has 4 heteroatoms. The lowest BCUT2D eigenvalue weighted by Crippen LogP contribution is -1.97. The minimum atomic E-state index is -1.44. The van der Waals surface area contributed by atoms with E-state index < -0.39 is 17.5 Å². The van der Waals surface area contributed by atoms with Crippen molar-refractivity contribution in [3.63, 3.8) is 0 Å². The zero-order chi connectivity index (χ0) is 10.6. The molecule has 1 nitrogen and oxygen atoms in total. The molecule has 0 N–H and O–H groups in total. The maximum absolute atomic E-state index is 13.0. The van der Waals surface area contributed by atoms with Crippen molar-refractivity contribution in [1.82, 2.24) is 0 Å². The van der Waals surface area contributed by atoms with Gasteiger partial charge in [-0.2, -0.15) is 5.26 Å². The molecule has 0 atom stereocenters. The second-order valence-corrected chi connectivity index (χ2v) is 2.85. The number of hydrogen-bond acceptors (Lipinski definition) is 1. The summed E-state index contributed by atoms with van der Waals surface area (Å²) in [5, 5.41) is 8.23. The predicted molar refractivity (Wildman–Crippen MR) is 44.9 cm³/mol. The summed E-state index contributed by atoms with van der Waals surface area (Å²) in [5.41, 5.74) is 0.110. The molecular formula is C10H8F3N. The van der Waals surface area contributed by atoms with E-state index in [2.05, 4.69) is 0 Å². The third-order valence-corrected chi connectivity index (χ3v) is 1.85. The maximum atomic E-state index is 13.0. The van der Waals surface area contributed by atoms with Crippen molar-refractivity contribution in [2.75, 3.05) is 0 Å². The quantitative estimate of drug-likeness (QED) is 0.542. The van der Waals surface area contributed by atoms with Crippen LogP contribution in [0.1, 0.15) is 18.4 Å². The van der Waals surface area contributed by atoms with E-state index in [0.29, 0.717) is 6.42 Å². The van der Waals surface area contributed by atoms with Crippen molar-refractivity contribution in [3.8, 4) is 6.07 Å². The van der Waals surface area contributed by atoms with Gasteiger partial charge in [-0.05, 0) is 24.5 Å². The van der Waals surface area contributed by atoms with E-state index in [1.165, 1.54) is 6.07 Å². The lowest BCUT2D eigenvalue weighted by atomic mass is 10.1. The van der Waals surface area contributed by atoms with Crippen molar-refractivity contribution in [2.45, 2.75) is 19.3 Å². The molecule has 0 heterocycles. The van der Waals surface area contributed by atoms with Gasteiger partial charge in [0.2, 0.25) is 0 Å². The monoisotopic (exact) mass is 199 g/mol. The smallest absolute Gasteiger partial charge is 0.194 e. The van der Waals surface area contributed by atoms with Crippen molar-refractivity contribution >= 4 is 0 Å². The van der Waals surface area contributed by atoms with Crippen LogP contribution in [0.2, 0.25) is 0 Å². The summed E-state index contributed by atoms with van der Waals surface area (Å²) in [7, 11) is 0. The molecule has 0 amide bonds. The van der Waals surface area contributed by atoms with E-state index >= 15 is 0 Å². The molecule has 0 fully saturated rings. The molecule has 0 unspecified atom stereocenters. The van der Waals surface area contributed by atoms with Gasteiger partial charge in [-0.25, -0.2) is 13.2 Å². The lowest BCUT2D eigenvalue weighted by Gasteiger charge is -2.02. The minimum Gasteiger partial charge on any atom is -0.204 e. The van der Waals surface area contributed by atoms with E-state index in [0.717, 1.165) is 6.07 Å². The summed E-state index contributed by atoms with van der Waals surface area (Å²) in [5.74, 6) is -3.78. The molecule has 0 saturated heterocycles. The molecule has 0 saturated carbocycles. The Balaban J connectivity index is 2.79. The first kappa shape index (κ1) is 10.6. The van der Waals surface area contributed by atoms with Crippen LogP contribution in [0.15, 0.2) is 12.1 Å². The van der Waals surface area contributed by atoms with Gasteiger partial charge in [0, 0.05) is 6.42 Å². The lowest BCUT2D eigenvalue weighted by molar-refractivity contribution is 0.440. The first-order chi connectivity index (χ1) is 6.66. The zero-order valence-electron chi connectivity index (χ0n) is 7.36. The van der Waals surface area contributed by atoms with Crippen LogP contribution in [0.25, 0.3) is 0 Å². The fourth-order valence-corrected chi connectivity index (χ4v) is 1.12. The molecule has 0 aromatic heterocycles. The first-order valence-corrected chi connectivity index (χ1v) is 4.16. The fraction of sp³-hybridized carbons (Fsp3) is 0.300. The molecular weight excluding hydrogens is 191 g/mol. The molecule has 0 aliphatic heterocycles. The number of aryl methyl sites for hydroxylation is 1. The van der Waals surface area contributed by atoms with Gasteiger partial charge in [-0.3, -0.25) is 0 Å². The Hall–Kier alpha value is -1.50. The molecule has 14 heavy (non-hydrogen) atoms. The van der Waals surface area contributed by atoms with E-state index in [1.807, 2.05) is 6.07 Å². The normalized spacial score (nSPS) is 9.86. The van der Waals surface area contributed by atoms with Crippen molar-refractivity contribution in [3.05, 3.63) is 35.1 Å². The predicted octanol–water partition coefficient (Wildman–Crippen LogP) is 2.95. The molecule has 1 aromatic carbocycles. The van der Waals surface area contributed by atoms with E-state index in [9.17, 15) is 13.2 Å². The minimum absolute atomic E-state index is 0.110. The third kappa shape index (κ3) is 2.25. The van der Waals surface area contributed by atoms with Gasteiger partial charge in [0.05, 0.1) is 6.07 Å². The molecule has 74 valence electrons. The first-order valence-electron chi connectivity index (χ1n) is 4.16. The number of benzene rings is 1. The Morgan fingerprint density at radius 1 is 1.14 bits per heavy atom. The Morgan fingerprint density at radius 2 is 1.86 bits per heavy atom. The topological polar surface area (TPSA) is 23.8 Å². The molecule has 0 aliphatic rings. The number of unbranched alkanes of at least 4 members (excludes halogenated alkanes) is 1. The Labute approximate surface area is 79.8 Å². The van der Waals surface area contributed by atoms with Gasteiger partial charge in [0.25, 0.3) is 0 Å². The fourth-order valence-electron chi connectivity index (χ4n) is 1.12. The van der Waals surface area contributed by atoms with Gasteiger partial charge in [-0.15, -0.1) is 0 Å². The molecule has 0 aliphatic carbocycles. The highest BCUT2D eigenvalue weighted by Gasteiger charge is 2.12. The molecule has 0 bridgehead atoms. The third-order valence-electron chi connectivity index (χ3n) is 1.85. The van der Waals surface area contributed by atoms with Gasteiger partial charge in [0.15, 0.2) is 17.5 Å². The Morgan fingerprint density at radius 3 is 2.50 bits per heavy atom. The molecule has 1 rings (SSSR count). The summed E-state index contributed by atoms with van der Waals surface area (Å²) in [6.45, 7) is 0. The standard InChI is InChI=1S/C10H8F3N/c11-8-5-4-7(3-1-2-6-14)9(12)10(8)13/h4-5H,1-3H2. The summed E-state index contributed by atoms with van der Waals surface area (Å²) in [4.78, 5) is 0. The van der Waals surface area contributed by atoms with Crippen molar-refractivity contribution < 1.29 is 13.2 Å². The number of rotatable bonds is 3. The highest BCUT2D eigenvalue weighted by Crippen LogP contribution is 2.16. The second-order valence-electron chi connectivity index (χ2n) is 2.85. The van der Waals surface area contributed by atoms with Crippen LogP contribution in [0.4, 0.5) is 13.2 Å². The number of nitriles is 1. The molecule has 0 spiro atoms. The molecule has 1 aromatic rings. The van der Waals surface area contributed by atoms with E-state index in [-0.39, 0.29) is 18.4 Å². The number of nitrogens with zero attached hydrogens (tertiary/aromatic N) is 1. The SMILES string of the molecule is N#CCCCc1ccc(F)c(F)c1F. The van der Waals surface area contributed by atoms with Crippen molar-refractivity contribution in [2.24, 2.45) is 0 Å². The van der Waals surface area contributed by atoms with Gasteiger partial charge in [-0.1, -0.05) is 6.07 Å². The average Bonchev–Trinajstić information content (AvgIpc) is 2.18.